The van der Waals surface area contributed by atoms with Crippen LogP contribution in [-0.2, 0) is 12.1 Å². The van der Waals surface area contributed by atoms with E-state index in [0.717, 1.165) is 31.8 Å². The third-order valence-corrected chi connectivity index (χ3v) is 6.00. The van der Waals surface area contributed by atoms with Crippen molar-refractivity contribution >= 4 is 37.5 Å². The van der Waals surface area contributed by atoms with Crippen LogP contribution >= 0.6 is 11.3 Å². The van der Waals surface area contributed by atoms with Crippen molar-refractivity contribution in [2.45, 2.75) is 39.8 Å². The Bertz CT molecular complexity index is 1190. The van der Waals surface area contributed by atoms with E-state index in [9.17, 15) is 9.50 Å². The van der Waals surface area contributed by atoms with Crippen molar-refractivity contribution in [2.24, 2.45) is 0 Å². The van der Waals surface area contributed by atoms with E-state index >= 15 is 0 Å². The first kappa shape index (κ1) is 18.8. The van der Waals surface area contributed by atoms with E-state index in [1.807, 2.05) is 13.0 Å². The van der Waals surface area contributed by atoms with Crippen LogP contribution < -0.4 is 5.32 Å². The van der Waals surface area contributed by atoms with Crippen molar-refractivity contribution in [3.05, 3.63) is 64.7 Å². The lowest BCUT2D eigenvalue weighted by Gasteiger charge is -2.18. The fourth-order valence-corrected chi connectivity index (χ4v) is 4.68. The van der Waals surface area contributed by atoms with Crippen LogP contribution in [-0.4, -0.2) is 15.1 Å². The van der Waals surface area contributed by atoms with Crippen LogP contribution in [0.1, 0.15) is 36.2 Å². The van der Waals surface area contributed by atoms with Gasteiger partial charge in [0.15, 0.2) is 0 Å². The summed E-state index contributed by atoms with van der Waals surface area (Å²) in [5.74, 6) is 0.382. The number of benzene rings is 1. The summed E-state index contributed by atoms with van der Waals surface area (Å²) in [4.78, 5) is 10.1. The molecule has 144 valence electrons. The SMILES string of the molecule is Cc1cc(C)c2c(n1)sc1c(NCc3ccc(C(C)(C)O)cc3F)nccc12. The smallest absolute Gasteiger partial charge is 0.144 e. The van der Waals surface area contributed by atoms with Gasteiger partial charge < -0.3 is 10.4 Å². The molecular formula is C22H22FN3OS. The van der Waals surface area contributed by atoms with Gasteiger partial charge in [0.05, 0.1) is 10.3 Å². The van der Waals surface area contributed by atoms with E-state index in [4.69, 9.17) is 0 Å². The summed E-state index contributed by atoms with van der Waals surface area (Å²) in [6, 6.07) is 8.93. The molecule has 1 aromatic carbocycles. The van der Waals surface area contributed by atoms with E-state index in [2.05, 4.69) is 28.3 Å². The molecule has 0 aliphatic heterocycles. The number of pyridine rings is 2. The maximum atomic E-state index is 14.5. The summed E-state index contributed by atoms with van der Waals surface area (Å²) in [6.45, 7) is 7.68. The Kier molecular flexibility index (Phi) is 4.56. The Hall–Kier alpha value is -2.57. The van der Waals surface area contributed by atoms with Gasteiger partial charge in [-0.25, -0.2) is 14.4 Å². The Morgan fingerprint density at radius 2 is 1.96 bits per heavy atom. The van der Waals surface area contributed by atoms with Crippen LogP contribution in [0.15, 0.2) is 36.5 Å². The molecule has 4 rings (SSSR count). The summed E-state index contributed by atoms with van der Waals surface area (Å²) < 4.78 is 15.5. The molecule has 0 saturated carbocycles. The van der Waals surface area contributed by atoms with Gasteiger partial charge >= 0.3 is 0 Å². The minimum atomic E-state index is -1.07. The molecule has 0 saturated heterocycles. The molecule has 3 heterocycles. The number of halogens is 1. The Labute approximate surface area is 167 Å². The van der Waals surface area contributed by atoms with E-state index in [1.54, 1.807) is 43.5 Å². The van der Waals surface area contributed by atoms with Gasteiger partial charge in [0.25, 0.3) is 0 Å². The van der Waals surface area contributed by atoms with E-state index in [0.29, 0.717) is 17.7 Å². The minimum absolute atomic E-state index is 0.309. The summed E-state index contributed by atoms with van der Waals surface area (Å²) in [7, 11) is 0. The van der Waals surface area contributed by atoms with Gasteiger partial charge in [-0.3, -0.25) is 0 Å². The highest BCUT2D eigenvalue weighted by Gasteiger charge is 2.18. The van der Waals surface area contributed by atoms with E-state index in [-0.39, 0.29) is 5.82 Å². The Morgan fingerprint density at radius 1 is 1.18 bits per heavy atom. The highest BCUT2D eigenvalue weighted by molar-refractivity contribution is 7.26. The first-order valence-electron chi connectivity index (χ1n) is 9.14. The highest BCUT2D eigenvalue weighted by atomic mass is 32.1. The van der Waals surface area contributed by atoms with Crippen LogP contribution in [0.3, 0.4) is 0 Å². The van der Waals surface area contributed by atoms with Crippen LogP contribution in [0.4, 0.5) is 10.2 Å². The Balaban J connectivity index is 1.68. The predicted molar refractivity (Wildman–Crippen MR) is 113 cm³/mol. The molecule has 0 radical (unpaired) electrons. The van der Waals surface area contributed by atoms with Gasteiger partial charge in [0, 0.05) is 34.8 Å². The fraction of sp³-hybridized carbons (Fsp3) is 0.273. The zero-order chi connectivity index (χ0) is 20.1. The summed E-state index contributed by atoms with van der Waals surface area (Å²) >= 11 is 1.60. The first-order chi connectivity index (χ1) is 13.2. The molecule has 0 aliphatic rings. The number of aliphatic hydroxyl groups is 1. The molecular weight excluding hydrogens is 373 g/mol. The molecule has 28 heavy (non-hydrogen) atoms. The number of aromatic nitrogens is 2. The average molecular weight is 396 g/mol. The topological polar surface area (TPSA) is 58.0 Å². The van der Waals surface area contributed by atoms with Crippen molar-refractivity contribution in [1.29, 1.82) is 0 Å². The van der Waals surface area contributed by atoms with Crippen molar-refractivity contribution < 1.29 is 9.50 Å². The van der Waals surface area contributed by atoms with Gasteiger partial charge in [-0.05, 0) is 57.0 Å². The predicted octanol–water partition coefficient (Wildman–Crippen LogP) is 5.44. The van der Waals surface area contributed by atoms with Gasteiger partial charge in [0.1, 0.15) is 16.5 Å². The van der Waals surface area contributed by atoms with E-state index in [1.165, 1.54) is 11.6 Å². The van der Waals surface area contributed by atoms with Crippen molar-refractivity contribution in [2.75, 3.05) is 5.32 Å². The Morgan fingerprint density at radius 3 is 2.68 bits per heavy atom. The summed E-state index contributed by atoms with van der Waals surface area (Å²) in [6.07, 6.45) is 1.77. The van der Waals surface area contributed by atoms with Crippen LogP contribution in [0.2, 0.25) is 0 Å². The number of nitrogens with zero attached hydrogens (tertiary/aromatic N) is 2. The number of nitrogens with one attached hydrogen (secondary N) is 1. The number of fused-ring (bicyclic) bond motifs is 3. The van der Waals surface area contributed by atoms with Crippen molar-refractivity contribution in [3.63, 3.8) is 0 Å². The minimum Gasteiger partial charge on any atom is -0.386 e. The zero-order valence-corrected chi connectivity index (χ0v) is 17.1. The molecule has 2 N–H and O–H groups in total. The second-order valence-electron chi connectivity index (χ2n) is 7.62. The molecule has 0 unspecified atom stereocenters. The molecule has 0 aliphatic carbocycles. The molecule has 6 heteroatoms. The standard InChI is InChI=1S/C22H22FN3OS/c1-12-9-13(2)26-21-18(12)16-7-8-24-20(19(16)28-21)25-11-14-5-6-15(10-17(14)23)22(3,4)27/h5-10,27H,11H2,1-4H3,(H,24,25). The maximum absolute atomic E-state index is 14.5. The zero-order valence-electron chi connectivity index (χ0n) is 16.3. The molecule has 0 bridgehead atoms. The van der Waals surface area contributed by atoms with Crippen LogP contribution in [0, 0.1) is 19.7 Å². The number of rotatable bonds is 4. The van der Waals surface area contributed by atoms with Crippen LogP contribution in [0.25, 0.3) is 20.3 Å². The van der Waals surface area contributed by atoms with Gasteiger partial charge in [-0.2, -0.15) is 0 Å². The highest BCUT2D eigenvalue weighted by Crippen LogP contribution is 2.38. The number of hydrogen-bond donors (Lipinski definition) is 2. The molecule has 0 fully saturated rings. The third-order valence-electron chi connectivity index (χ3n) is 4.89. The quantitative estimate of drug-likeness (QED) is 0.483. The first-order valence-corrected chi connectivity index (χ1v) is 9.96. The molecule has 0 amide bonds. The van der Waals surface area contributed by atoms with Crippen molar-refractivity contribution in [1.82, 2.24) is 9.97 Å². The lowest BCUT2D eigenvalue weighted by Crippen LogP contribution is -2.16. The molecule has 4 nitrogen and oxygen atoms in total. The second-order valence-corrected chi connectivity index (χ2v) is 8.62. The lowest BCUT2D eigenvalue weighted by atomic mass is 9.97. The van der Waals surface area contributed by atoms with Gasteiger partial charge in [0.2, 0.25) is 0 Å². The van der Waals surface area contributed by atoms with Gasteiger partial charge in [-0.15, -0.1) is 11.3 Å². The largest absolute Gasteiger partial charge is 0.386 e. The monoisotopic (exact) mass is 395 g/mol. The summed E-state index contributed by atoms with van der Waals surface area (Å²) in [5, 5.41) is 15.6. The lowest BCUT2D eigenvalue weighted by molar-refractivity contribution is 0.0782. The number of thiophene rings is 1. The average Bonchev–Trinajstić information content (AvgIpc) is 2.98. The van der Waals surface area contributed by atoms with Gasteiger partial charge in [-0.1, -0.05) is 12.1 Å². The fourth-order valence-electron chi connectivity index (χ4n) is 3.43. The number of aryl methyl sites for hydroxylation is 2. The number of anilines is 1. The molecule has 0 spiro atoms. The molecule has 4 aromatic rings. The van der Waals surface area contributed by atoms with Crippen molar-refractivity contribution in [3.8, 4) is 0 Å². The molecule has 3 aromatic heterocycles. The van der Waals surface area contributed by atoms with E-state index < -0.39 is 5.60 Å². The summed E-state index contributed by atoms with van der Waals surface area (Å²) in [5.41, 5.74) is 2.20. The number of hydrogen-bond acceptors (Lipinski definition) is 5. The molecule has 0 atom stereocenters. The maximum Gasteiger partial charge on any atom is 0.144 e. The second kappa shape index (κ2) is 6.79. The normalized spacial score (nSPS) is 12.1. The third kappa shape index (κ3) is 3.34. The van der Waals surface area contributed by atoms with Crippen LogP contribution in [0.5, 0.6) is 0 Å².